The molecule has 0 radical (unpaired) electrons. The second-order valence-corrected chi connectivity index (χ2v) is 5.92. The Kier molecular flexibility index (Phi) is 5.34. The van der Waals surface area contributed by atoms with Gasteiger partial charge in [-0.15, -0.1) is 11.6 Å². The van der Waals surface area contributed by atoms with E-state index < -0.39 is 24.0 Å². The molecule has 3 rings (SSSR count). The van der Waals surface area contributed by atoms with Crippen LogP contribution in [0.5, 0.6) is 0 Å². The molecule has 0 bridgehead atoms. The maximum absolute atomic E-state index is 11.6. The molecule has 2 fully saturated rings. The summed E-state index contributed by atoms with van der Waals surface area (Å²) in [5.74, 6) is -1.65. The van der Waals surface area contributed by atoms with Gasteiger partial charge in [0.1, 0.15) is 5.60 Å². The monoisotopic (exact) mass is 339 g/mol. The smallest absolute Gasteiger partial charge is 0.545 e. The quantitative estimate of drug-likeness (QED) is 0.328. The molecule has 0 aromatic heterocycles. The molecule has 0 aromatic rings. The van der Waals surface area contributed by atoms with Gasteiger partial charge < -0.3 is 29.4 Å². The Morgan fingerprint density at radius 2 is 2.32 bits per heavy atom. The Labute approximate surface area is 154 Å². The van der Waals surface area contributed by atoms with Crippen molar-refractivity contribution in [2.75, 3.05) is 12.4 Å². The van der Waals surface area contributed by atoms with E-state index in [-0.39, 0.29) is 65.5 Å². The van der Waals surface area contributed by atoms with E-state index in [9.17, 15) is 14.7 Å². The van der Waals surface area contributed by atoms with Crippen LogP contribution in [0.3, 0.4) is 0 Å². The number of alkyl halides is 1. The molecule has 1 saturated heterocycles. The zero-order chi connectivity index (χ0) is 15.2. The third-order valence-corrected chi connectivity index (χ3v) is 4.58. The Balaban J connectivity index is 0.00000176. The fraction of sp³-hybridized carbons (Fsp3) is 0.692. The van der Waals surface area contributed by atoms with Gasteiger partial charge in [-0.1, -0.05) is 0 Å². The molecule has 0 aromatic carbocycles. The number of aliphatic carboxylic acids is 1. The molecule has 22 heavy (non-hydrogen) atoms. The maximum Gasteiger partial charge on any atom is 1.00 e. The minimum Gasteiger partial charge on any atom is -0.545 e. The van der Waals surface area contributed by atoms with Gasteiger partial charge in [0.25, 0.3) is 6.29 Å². The van der Waals surface area contributed by atoms with Gasteiger partial charge in [-0.3, -0.25) is 0 Å². The standard InChI is InChI=1S/C13H16ClNO6.Na/c1-13-8(21-13)4-6-7(10(16)17)5-19-11(9(6)13)20-12(18)15-3-2-14;/h5-6,8-9,11H,2-4H2,1H3,(H,15,18)(H,16,17);/q;+1/p-1. The third-order valence-electron chi connectivity index (χ3n) is 4.39. The number of carbonyl (C=O) groups excluding carboxylic acids is 2. The first-order valence-corrected chi connectivity index (χ1v) is 7.26. The minimum atomic E-state index is -1.26. The largest absolute Gasteiger partial charge is 1.00 e. The van der Waals surface area contributed by atoms with E-state index in [1.807, 2.05) is 6.92 Å². The summed E-state index contributed by atoms with van der Waals surface area (Å²) in [5, 5.41) is 13.6. The Morgan fingerprint density at radius 1 is 1.59 bits per heavy atom. The predicted molar refractivity (Wildman–Crippen MR) is 68.0 cm³/mol. The molecule has 3 aliphatic rings. The number of ether oxygens (including phenoxy) is 3. The van der Waals surface area contributed by atoms with Crippen LogP contribution < -0.4 is 40.0 Å². The molecule has 5 unspecified atom stereocenters. The fourth-order valence-corrected chi connectivity index (χ4v) is 3.41. The number of alkyl carbamates (subject to hydrolysis) is 1. The summed E-state index contributed by atoms with van der Waals surface area (Å²) in [6.45, 7) is 2.15. The Morgan fingerprint density at radius 3 is 2.95 bits per heavy atom. The molecule has 1 saturated carbocycles. The second-order valence-electron chi connectivity index (χ2n) is 5.54. The summed E-state index contributed by atoms with van der Waals surface area (Å²) in [6.07, 6.45) is 0.106. The van der Waals surface area contributed by atoms with Gasteiger partial charge in [0.15, 0.2) is 0 Å². The SMILES string of the molecule is CC12OC1CC1C(C(=O)[O-])=COC(OC(=O)NCCCl)C12.[Na+]. The number of epoxide rings is 1. The molecule has 1 aliphatic carbocycles. The van der Waals surface area contributed by atoms with E-state index in [0.717, 1.165) is 6.26 Å². The van der Waals surface area contributed by atoms with Crippen molar-refractivity contribution in [3.63, 3.8) is 0 Å². The van der Waals surface area contributed by atoms with Crippen LogP contribution in [0.2, 0.25) is 0 Å². The first kappa shape index (κ1) is 17.9. The molecule has 5 atom stereocenters. The number of carbonyl (C=O) groups is 2. The molecular formula is C13H15ClNNaO6. The van der Waals surface area contributed by atoms with E-state index in [2.05, 4.69) is 5.32 Å². The summed E-state index contributed by atoms with van der Waals surface area (Å²) < 4.78 is 16.1. The van der Waals surface area contributed by atoms with Crippen LogP contribution in [-0.4, -0.2) is 42.5 Å². The van der Waals surface area contributed by atoms with Crippen LogP contribution in [0.15, 0.2) is 11.8 Å². The van der Waals surface area contributed by atoms with Gasteiger partial charge in [0.2, 0.25) is 0 Å². The molecule has 1 N–H and O–H groups in total. The van der Waals surface area contributed by atoms with Gasteiger partial charge >= 0.3 is 35.7 Å². The van der Waals surface area contributed by atoms with E-state index in [1.165, 1.54) is 0 Å². The number of amides is 1. The number of nitrogens with one attached hydrogen (secondary N) is 1. The van der Waals surface area contributed by atoms with Crippen LogP contribution >= 0.6 is 11.6 Å². The van der Waals surface area contributed by atoms with Crippen LogP contribution in [0.4, 0.5) is 4.79 Å². The number of hydrogen-bond acceptors (Lipinski definition) is 6. The van der Waals surface area contributed by atoms with Gasteiger partial charge in [0.05, 0.1) is 24.3 Å². The van der Waals surface area contributed by atoms with Crippen LogP contribution in [0.25, 0.3) is 0 Å². The summed E-state index contributed by atoms with van der Waals surface area (Å²) in [7, 11) is 0. The van der Waals surface area contributed by atoms with Crippen molar-refractivity contribution in [2.24, 2.45) is 11.8 Å². The zero-order valence-corrected chi connectivity index (χ0v) is 15.1. The van der Waals surface area contributed by atoms with Crippen molar-refractivity contribution in [1.82, 2.24) is 5.32 Å². The summed E-state index contributed by atoms with van der Waals surface area (Å²) >= 11 is 5.48. The van der Waals surface area contributed by atoms with Crippen molar-refractivity contribution in [2.45, 2.75) is 31.3 Å². The number of rotatable bonds is 4. The number of carboxylic acids is 1. The Bertz CT molecular complexity index is 515. The molecule has 0 spiro atoms. The van der Waals surface area contributed by atoms with Crippen molar-refractivity contribution in [1.29, 1.82) is 0 Å². The second kappa shape index (κ2) is 6.57. The fourth-order valence-electron chi connectivity index (χ4n) is 3.31. The molecular weight excluding hydrogens is 325 g/mol. The van der Waals surface area contributed by atoms with Crippen molar-refractivity contribution in [3.05, 3.63) is 11.8 Å². The van der Waals surface area contributed by atoms with Gasteiger partial charge in [-0.05, 0) is 13.3 Å². The number of carboxylic acid groups (broad SMARTS) is 1. The van der Waals surface area contributed by atoms with Crippen molar-refractivity contribution >= 4 is 23.7 Å². The predicted octanol–water partition coefficient (Wildman–Crippen LogP) is -3.26. The third kappa shape index (κ3) is 2.97. The number of fused-ring (bicyclic) bond motifs is 3. The van der Waals surface area contributed by atoms with Crippen LogP contribution in [0.1, 0.15) is 13.3 Å². The number of halogens is 1. The van der Waals surface area contributed by atoms with E-state index in [1.54, 1.807) is 0 Å². The minimum absolute atomic E-state index is 0. The average molecular weight is 340 g/mol. The first-order valence-electron chi connectivity index (χ1n) is 6.72. The van der Waals surface area contributed by atoms with E-state index in [4.69, 9.17) is 25.8 Å². The van der Waals surface area contributed by atoms with Gasteiger partial charge in [-0.25, -0.2) is 4.79 Å². The molecule has 9 heteroatoms. The summed E-state index contributed by atoms with van der Waals surface area (Å²) in [5.41, 5.74) is -0.421. The molecule has 1 amide bonds. The van der Waals surface area contributed by atoms with Crippen LogP contribution in [0, 0.1) is 11.8 Å². The van der Waals surface area contributed by atoms with E-state index in [0.29, 0.717) is 6.42 Å². The normalized spacial score (nSPS) is 37.6. The van der Waals surface area contributed by atoms with Gasteiger partial charge in [-0.2, -0.15) is 0 Å². The first-order chi connectivity index (χ1) is 9.97. The zero-order valence-electron chi connectivity index (χ0n) is 12.3. The Hall–Kier alpha value is -0.470. The topological polar surface area (TPSA) is 100 Å². The van der Waals surface area contributed by atoms with Crippen molar-refractivity contribution < 1.29 is 58.5 Å². The average Bonchev–Trinajstić information content (AvgIpc) is 2.98. The summed E-state index contributed by atoms with van der Waals surface area (Å²) in [4.78, 5) is 22.8. The maximum atomic E-state index is 11.6. The molecule has 116 valence electrons. The molecule has 7 nitrogen and oxygen atoms in total. The van der Waals surface area contributed by atoms with Crippen LogP contribution in [-0.2, 0) is 19.0 Å². The molecule has 2 heterocycles. The van der Waals surface area contributed by atoms with Crippen molar-refractivity contribution in [3.8, 4) is 0 Å². The van der Waals surface area contributed by atoms with Gasteiger partial charge in [0, 0.05) is 23.9 Å². The van der Waals surface area contributed by atoms with E-state index >= 15 is 0 Å². The summed E-state index contributed by atoms with van der Waals surface area (Å²) in [6, 6.07) is 0. The molecule has 2 aliphatic heterocycles. The number of hydrogen-bond donors (Lipinski definition) is 1.